The monoisotopic (exact) mass is 419 g/mol. The Balaban J connectivity index is 1.27. The maximum atomic E-state index is 12.9. The largest absolute Gasteiger partial charge is 0.454 e. The lowest BCUT2D eigenvalue weighted by molar-refractivity contribution is -0.155. The molecule has 0 aromatic carbocycles. The summed E-state index contributed by atoms with van der Waals surface area (Å²) in [7, 11) is 0. The van der Waals surface area contributed by atoms with Crippen LogP contribution >= 0.6 is 0 Å². The van der Waals surface area contributed by atoms with Gasteiger partial charge in [0.05, 0.1) is 0 Å². The zero-order chi connectivity index (χ0) is 21.3. The highest BCUT2D eigenvalue weighted by atomic mass is 16.5. The summed E-state index contributed by atoms with van der Waals surface area (Å²) in [5.41, 5.74) is -0.893. The van der Waals surface area contributed by atoms with Crippen LogP contribution in [0, 0.1) is 17.8 Å². The zero-order valence-corrected chi connectivity index (χ0v) is 17.9. The second-order valence-corrected chi connectivity index (χ2v) is 9.53. The Morgan fingerprint density at radius 2 is 1.80 bits per heavy atom. The molecule has 0 aromatic heterocycles. The number of esters is 1. The summed E-state index contributed by atoms with van der Waals surface area (Å²) in [6, 6.07) is -0.545. The van der Waals surface area contributed by atoms with E-state index in [1.54, 1.807) is 4.90 Å². The molecular formula is C22H33N3O5. The van der Waals surface area contributed by atoms with Crippen molar-refractivity contribution in [1.29, 1.82) is 0 Å². The number of fused-ring (bicyclic) bond motifs is 1. The SMILES string of the molecule is C[C@H]1CCCC[C@@]12NC(=O)N(CC(=O)OCC(=O)N1CC[C@@H]3CCCC[C@@H]3C1)C2=O. The summed E-state index contributed by atoms with van der Waals surface area (Å²) in [4.78, 5) is 52.8. The molecule has 8 heteroatoms. The van der Waals surface area contributed by atoms with Gasteiger partial charge >= 0.3 is 12.0 Å². The molecule has 1 spiro atoms. The first-order chi connectivity index (χ1) is 14.4. The lowest BCUT2D eigenvalue weighted by atomic mass is 9.73. The molecular weight excluding hydrogens is 386 g/mol. The van der Waals surface area contributed by atoms with Gasteiger partial charge in [-0.25, -0.2) is 4.79 Å². The summed E-state index contributed by atoms with van der Waals surface area (Å²) in [5.74, 6) is 0.0588. The van der Waals surface area contributed by atoms with Crippen molar-refractivity contribution in [1.82, 2.24) is 15.1 Å². The molecule has 4 atom stereocenters. The molecule has 2 saturated heterocycles. The Kier molecular flexibility index (Phi) is 6.02. The first-order valence-corrected chi connectivity index (χ1v) is 11.5. The molecule has 0 unspecified atom stereocenters. The average Bonchev–Trinajstić information content (AvgIpc) is 2.98. The van der Waals surface area contributed by atoms with Gasteiger partial charge in [-0.15, -0.1) is 0 Å². The van der Waals surface area contributed by atoms with E-state index in [2.05, 4.69) is 5.32 Å². The molecule has 4 rings (SSSR count). The van der Waals surface area contributed by atoms with Gasteiger partial charge in [-0.05, 0) is 43.4 Å². The second kappa shape index (κ2) is 8.55. The molecule has 0 bridgehead atoms. The van der Waals surface area contributed by atoms with Gasteiger partial charge in [-0.1, -0.05) is 39.0 Å². The van der Waals surface area contributed by atoms with E-state index in [9.17, 15) is 19.2 Å². The molecule has 8 nitrogen and oxygen atoms in total. The molecule has 166 valence electrons. The number of nitrogens with zero attached hydrogens (tertiary/aromatic N) is 2. The van der Waals surface area contributed by atoms with E-state index in [1.807, 2.05) is 6.92 Å². The Bertz CT molecular complexity index is 726. The van der Waals surface area contributed by atoms with Crippen LogP contribution in [0.2, 0.25) is 0 Å². The molecule has 1 N–H and O–H groups in total. The van der Waals surface area contributed by atoms with E-state index >= 15 is 0 Å². The molecule has 30 heavy (non-hydrogen) atoms. The molecule has 4 fully saturated rings. The first kappa shape index (κ1) is 21.1. The van der Waals surface area contributed by atoms with Gasteiger partial charge in [0.2, 0.25) is 0 Å². The van der Waals surface area contributed by atoms with Gasteiger partial charge in [0.15, 0.2) is 6.61 Å². The van der Waals surface area contributed by atoms with E-state index in [0.717, 1.165) is 43.0 Å². The zero-order valence-electron chi connectivity index (χ0n) is 17.9. The van der Waals surface area contributed by atoms with Crippen molar-refractivity contribution in [2.75, 3.05) is 26.2 Å². The van der Waals surface area contributed by atoms with Crippen molar-refractivity contribution >= 4 is 23.8 Å². The number of carbonyl (C=O) groups is 4. The third-order valence-corrected chi connectivity index (χ3v) is 7.79. The van der Waals surface area contributed by atoms with Crippen LogP contribution in [0.1, 0.15) is 64.7 Å². The predicted molar refractivity (Wildman–Crippen MR) is 108 cm³/mol. The molecule has 4 aliphatic rings. The van der Waals surface area contributed by atoms with Crippen molar-refractivity contribution in [2.24, 2.45) is 17.8 Å². The summed E-state index contributed by atoms with van der Waals surface area (Å²) in [6.45, 7) is 2.64. The quantitative estimate of drug-likeness (QED) is 0.556. The van der Waals surface area contributed by atoms with E-state index in [-0.39, 0.29) is 24.3 Å². The summed E-state index contributed by atoms with van der Waals surface area (Å²) in [6.07, 6.45) is 9.34. The van der Waals surface area contributed by atoms with E-state index < -0.39 is 24.1 Å². The number of likely N-dealkylation sites (tertiary alicyclic amines) is 1. The van der Waals surface area contributed by atoms with Crippen molar-refractivity contribution in [3.8, 4) is 0 Å². The Morgan fingerprint density at radius 3 is 2.57 bits per heavy atom. The van der Waals surface area contributed by atoms with E-state index in [0.29, 0.717) is 18.9 Å². The average molecular weight is 420 g/mol. The Morgan fingerprint density at radius 1 is 1.07 bits per heavy atom. The van der Waals surface area contributed by atoms with Crippen LogP contribution in [0.4, 0.5) is 4.79 Å². The van der Waals surface area contributed by atoms with Crippen molar-refractivity contribution < 1.29 is 23.9 Å². The number of urea groups is 1. The predicted octanol–water partition coefficient (Wildman–Crippen LogP) is 2.07. The van der Waals surface area contributed by atoms with Crippen molar-refractivity contribution in [3.05, 3.63) is 0 Å². The van der Waals surface area contributed by atoms with Gasteiger partial charge in [0, 0.05) is 13.1 Å². The number of hydrogen-bond acceptors (Lipinski definition) is 5. The van der Waals surface area contributed by atoms with Crippen LogP contribution < -0.4 is 5.32 Å². The topological polar surface area (TPSA) is 96.0 Å². The number of carbonyl (C=O) groups excluding carboxylic acids is 4. The number of imide groups is 1. The highest BCUT2D eigenvalue weighted by molar-refractivity contribution is 6.09. The summed E-state index contributed by atoms with van der Waals surface area (Å²) < 4.78 is 5.15. The minimum atomic E-state index is -0.893. The lowest BCUT2D eigenvalue weighted by Crippen LogP contribution is -2.54. The number of nitrogens with one attached hydrogen (secondary N) is 1. The fourth-order valence-electron chi connectivity index (χ4n) is 5.87. The van der Waals surface area contributed by atoms with Crippen LogP contribution in [0.3, 0.4) is 0 Å². The highest BCUT2D eigenvalue weighted by Crippen LogP contribution is 2.38. The summed E-state index contributed by atoms with van der Waals surface area (Å²) in [5, 5.41) is 2.82. The minimum Gasteiger partial charge on any atom is -0.454 e. The highest BCUT2D eigenvalue weighted by Gasteiger charge is 2.55. The van der Waals surface area contributed by atoms with Gasteiger partial charge in [-0.3, -0.25) is 19.3 Å². The normalized spacial score (nSPS) is 34.0. The van der Waals surface area contributed by atoms with E-state index in [4.69, 9.17) is 4.74 Å². The van der Waals surface area contributed by atoms with Gasteiger partial charge in [-0.2, -0.15) is 0 Å². The van der Waals surface area contributed by atoms with Crippen molar-refractivity contribution in [2.45, 2.75) is 70.3 Å². The second-order valence-electron chi connectivity index (χ2n) is 9.53. The van der Waals surface area contributed by atoms with Gasteiger partial charge in [0.25, 0.3) is 11.8 Å². The minimum absolute atomic E-state index is 0.0352. The molecule has 2 heterocycles. The molecule has 2 aliphatic heterocycles. The third kappa shape index (κ3) is 3.93. The maximum absolute atomic E-state index is 12.9. The first-order valence-electron chi connectivity index (χ1n) is 11.5. The van der Waals surface area contributed by atoms with Crippen LogP contribution in [0.15, 0.2) is 0 Å². The standard InChI is InChI=1S/C22H33N3O5/c1-15-6-4-5-10-22(15)20(28)25(21(29)23-22)13-19(27)30-14-18(26)24-11-9-16-7-2-3-8-17(16)12-24/h15-17H,2-14H2,1H3,(H,23,29)/t15-,16-,17+,22+/m0/s1. The maximum Gasteiger partial charge on any atom is 0.326 e. The number of hydrogen-bond donors (Lipinski definition) is 1. The Labute approximate surface area is 177 Å². The van der Waals surface area contributed by atoms with E-state index in [1.165, 1.54) is 25.7 Å². The summed E-state index contributed by atoms with van der Waals surface area (Å²) >= 11 is 0. The van der Waals surface area contributed by atoms with Crippen molar-refractivity contribution in [3.63, 3.8) is 0 Å². The van der Waals surface area contributed by atoms with Crippen LogP contribution in [-0.2, 0) is 19.1 Å². The number of piperidine rings is 1. The Hall–Kier alpha value is -2.12. The molecule has 0 radical (unpaired) electrons. The molecule has 0 aromatic rings. The van der Waals surface area contributed by atoms with Gasteiger partial charge in [0.1, 0.15) is 12.1 Å². The fraction of sp³-hybridized carbons (Fsp3) is 0.818. The van der Waals surface area contributed by atoms with Crippen LogP contribution in [0.5, 0.6) is 0 Å². The smallest absolute Gasteiger partial charge is 0.326 e. The number of ether oxygens (including phenoxy) is 1. The number of rotatable bonds is 4. The third-order valence-electron chi connectivity index (χ3n) is 7.79. The number of amides is 4. The van der Waals surface area contributed by atoms with Crippen LogP contribution in [-0.4, -0.2) is 65.4 Å². The molecule has 2 aliphatic carbocycles. The fourth-order valence-corrected chi connectivity index (χ4v) is 5.87. The van der Waals surface area contributed by atoms with Crippen LogP contribution in [0.25, 0.3) is 0 Å². The van der Waals surface area contributed by atoms with Gasteiger partial charge < -0.3 is 15.0 Å². The lowest BCUT2D eigenvalue weighted by Gasteiger charge is -2.41. The molecule has 2 saturated carbocycles. The molecule has 4 amide bonds.